The van der Waals surface area contributed by atoms with Gasteiger partial charge in [-0.2, -0.15) is 5.01 Å². The molecule has 2 N–H and O–H groups in total. The van der Waals surface area contributed by atoms with Crippen LogP contribution in [0.2, 0.25) is 0 Å². The number of rotatable bonds is 10. The number of hydrogen-bond donors (Lipinski definition) is 2. The molecule has 2 aliphatic rings. The van der Waals surface area contributed by atoms with Crippen molar-refractivity contribution >= 4 is 23.5 Å². The maximum atomic E-state index is 14.4. The third-order valence-electron chi connectivity index (χ3n) is 8.03. The van der Waals surface area contributed by atoms with Crippen molar-refractivity contribution in [1.29, 1.82) is 0 Å². The minimum Gasteiger partial charge on any atom is -0.508 e. The van der Waals surface area contributed by atoms with Crippen molar-refractivity contribution in [3.05, 3.63) is 108 Å². The van der Waals surface area contributed by atoms with Crippen LogP contribution in [-0.4, -0.2) is 88.7 Å². The highest BCUT2D eigenvalue weighted by atomic mass is 19.2. The fourth-order valence-electron chi connectivity index (χ4n) is 5.86. The van der Waals surface area contributed by atoms with Gasteiger partial charge in [-0.05, 0) is 34.9 Å². The number of piperazine rings is 1. The Morgan fingerprint density at radius 3 is 2.40 bits per heavy atom. The lowest BCUT2D eigenvalue weighted by atomic mass is 9.99. The van der Waals surface area contributed by atoms with E-state index in [1.807, 2.05) is 30.3 Å². The lowest BCUT2D eigenvalue weighted by Gasteiger charge is -2.46. The number of nitrogens with zero attached hydrogens (tertiary/aromatic N) is 5. The molecule has 0 spiro atoms. The Hall–Kier alpha value is -4.97. The van der Waals surface area contributed by atoms with Gasteiger partial charge in [-0.1, -0.05) is 48.5 Å². The smallest absolute Gasteiger partial charge is 0.332 e. The molecular weight excluding hydrogens is 582 g/mol. The van der Waals surface area contributed by atoms with E-state index in [0.717, 1.165) is 17.7 Å². The Balaban J connectivity index is 1.48. The summed E-state index contributed by atoms with van der Waals surface area (Å²) < 4.78 is 28.6. The molecule has 2 aliphatic heterocycles. The molecule has 4 amide bonds. The highest BCUT2D eigenvalue weighted by molar-refractivity contribution is 5.92. The number of phenolic OH excluding ortho intramolecular Hbond substituents is 1. The van der Waals surface area contributed by atoms with Gasteiger partial charge in [0.2, 0.25) is 11.8 Å². The van der Waals surface area contributed by atoms with Crippen molar-refractivity contribution in [2.45, 2.75) is 31.7 Å². The van der Waals surface area contributed by atoms with Crippen molar-refractivity contribution < 1.29 is 28.3 Å². The summed E-state index contributed by atoms with van der Waals surface area (Å²) in [5.74, 6) is -2.67. The number of aromatic hydroxyl groups is 1. The van der Waals surface area contributed by atoms with Gasteiger partial charge >= 0.3 is 6.03 Å². The zero-order chi connectivity index (χ0) is 32.2. The molecule has 236 valence electrons. The molecule has 2 heterocycles. The lowest BCUT2D eigenvalue weighted by molar-refractivity contribution is -0.157. The number of anilines is 1. The van der Waals surface area contributed by atoms with Gasteiger partial charge in [0, 0.05) is 45.4 Å². The Morgan fingerprint density at radius 2 is 1.73 bits per heavy atom. The Kier molecular flexibility index (Phi) is 9.33. The van der Waals surface area contributed by atoms with E-state index < -0.39 is 29.9 Å². The predicted molar refractivity (Wildman–Crippen MR) is 165 cm³/mol. The average molecular weight is 619 g/mol. The number of urea groups is 1. The molecule has 45 heavy (non-hydrogen) atoms. The van der Waals surface area contributed by atoms with E-state index in [-0.39, 0.29) is 56.7 Å². The summed E-state index contributed by atoms with van der Waals surface area (Å²) in [6.45, 7) is 3.97. The number of halogens is 2. The Morgan fingerprint density at radius 1 is 1.04 bits per heavy atom. The first-order chi connectivity index (χ1) is 21.6. The molecule has 10 nitrogen and oxygen atoms in total. The number of phenols is 1. The number of benzene rings is 3. The second-order valence-corrected chi connectivity index (χ2v) is 11.3. The lowest BCUT2D eigenvalue weighted by Crippen LogP contribution is -2.66. The first-order valence-corrected chi connectivity index (χ1v) is 14.6. The number of nitrogens with one attached hydrogen (secondary N) is 1. The summed E-state index contributed by atoms with van der Waals surface area (Å²) in [7, 11) is 3.39. The van der Waals surface area contributed by atoms with E-state index >= 15 is 0 Å². The van der Waals surface area contributed by atoms with Crippen molar-refractivity contribution in [2.75, 3.05) is 38.6 Å². The second-order valence-electron chi connectivity index (χ2n) is 11.3. The molecule has 0 aromatic heterocycles. The molecule has 0 unspecified atom stereocenters. The zero-order valence-corrected chi connectivity index (χ0v) is 25.2. The van der Waals surface area contributed by atoms with Crippen molar-refractivity contribution in [1.82, 2.24) is 25.1 Å². The number of carbonyl (C=O) groups is 3. The summed E-state index contributed by atoms with van der Waals surface area (Å²) >= 11 is 0. The molecular formula is C33H36F2N6O4. The van der Waals surface area contributed by atoms with Gasteiger partial charge in [0.25, 0.3) is 0 Å². The van der Waals surface area contributed by atoms with E-state index in [1.165, 1.54) is 26.9 Å². The van der Waals surface area contributed by atoms with Crippen molar-refractivity contribution in [3.63, 3.8) is 0 Å². The average Bonchev–Trinajstić information content (AvgIpc) is 3.34. The predicted octanol–water partition coefficient (Wildman–Crippen LogP) is 3.47. The van der Waals surface area contributed by atoms with E-state index in [1.54, 1.807) is 42.2 Å². The van der Waals surface area contributed by atoms with Crippen LogP contribution in [0.15, 0.2) is 79.4 Å². The highest BCUT2D eigenvalue weighted by Gasteiger charge is 2.52. The minimum absolute atomic E-state index is 0.0160. The fourth-order valence-corrected chi connectivity index (χ4v) is 5.86. The number of hydrazine groups is 1. The number of carbonyl (C=O) groups excluding carboxylic acids is 3. The second kappa shape index (κ2) is 13.3. The Labute approximate surface area is 260 Å². The summed E-state index contributed by atoms with van der Waals surface area (Å²) in [4.78, 5) is 45.9. The van der Waals surface area contributed by atoms with Crippen LogP contribution in [0, 0.1) is 11.6 Å². The van der Waals surface area contributed by atoms with Crippen LogP contribution in [0.1, 0.15) is 16.7 Å². The summed E-state index contributed by atoms with van der Waals surface area (Å²) in [5.41, 5.74) is 2.41. The SMILES string of the molecule is C=CCN(C(=O)NCc1ccccc1)N1CC(=O)N2[C@@H](Cc3ccc(O)cc3)C(=O)N(Cc3cc(F)c(F)cc3N(C)C)C[C@@H]21. The number of fused-ring (bicyclic) bond motifs is 1. The van der Waals surface area contributed by atoms with Gasteiger partial charge in [-0.3, -0.25) is 14.6 Å². The Bertz CT molecular complexity index is 1570. The molecule has 3 aromatic carbocycles. The molecule has 0 radical (unpaired) electrons. The van der Waals surface area contributed by atoms with Crippen LogP contribution in [-0.2, 0) is 29.1 Å². The normalized spacial score (nSPS) is 18.1. The first-order valence-electron chi connectivity index (χ1n) is 14.6. The molecule has 2 fully saturated rings. The van der Waals surface area contributed by atoms with Crippen LogP contribution < -0.4 is 10.2 Å². The van der Waals surface area contributed by atoms with E-state index in [4.69, 9.17) is 0 Å². The van der Waals surface area contributed by atoms with Crippen LogP contribution >= 0.6 is 0 Å². The van der Waals surface area contributed by atoms with Gasteiger partial charge < -0.3 is 25.1 Å². The summed E-state index contributed by atoms with van der Waals surface area (Å²) in [6, 6.07) is 16.5. The van der Waals surface area contributed by atoms with Gasteiger partial charge in [-0.25, -0.2) is 13.6 Å². The van der Waals surface area contributed by atoms with Crippen LogP contribution in [0.4, 0.5) is 19.3 Å². The standard InChI is InChI=1S/C33H36F2N6O4/c1-4-14-39(33(45)36-18-23-8-6-5-7-9-23)40-21-31(43)41-29(15-22-10-12-25(42)13-11-22)32(44)38(20-30(40)41)19-24-16-26(34)27(35)17-28(24)37(2)3/h4-13,16-17,29-30,42H,1,14-15,18-21H2,2-3H3,(H,36,45)/t29-,30+/m0/s1. The molecule has 0 bridgehead atoms. The third-order valence-corrected chi connectivity index (χ3v) is 8.03. The fraction of sp³-hybridized carbons (Fsp3) is 0.303. The quantitative estimate of drug-likeness (QED) is 0.338. The number of hydrogen-bond acceptors (Lipinski definition) is 6. The van der Waals surface area contributed by atoms with Crippen LogP contribution in [0.5, 0.6) is 5.75 Å². The molecule has 2 saturated heterocycles. The molecule has 3 aromatic rings. The molecule has 5 rings (SSSR count). The monoisotopic (exact) mass is 618 g/mol. The van der Waals surface area contributed by atoms with Crippen LogP contribution in [0.25, 0.3) is 0 Å². The van der Waals surface area contributed by atoms with Gasteiger partial charge in [-0.15, -0.1) is 6.58 Å². The molecule has 0 aliphatic carbocycles. The molecule has 0 saturated carbocycles. The molecule has 2 atom stereocenters. The van der Waals surface area contributed by atoms with Crippen molar-refractivity contribution in [2.24, 2.45) is 0 Å². The number of amides is 4. The van der Waals surface area contributed by atoms with Gasteiger partial charge in [0.15, 0.2) is 11.6 Å². The largest absolute Gasteiger partial charge is 0.508 e. The van der Waals surface area contributed by atoms with E-state index in [9.17, 15) is 28.3 Å². The summed E-state index contributed by atoms with van der Waals surface area (Å²) in [6.07, 6.45) is 0.971. The van der Waals surface area contributed by atoms with Gasteiger partial charge in [0.1, 0.15) is 18.0 Å². The summed E-state index contributed by atoms with van der Waals surface area (Å²) in [5, 5.41) is 15.7. The van der Waals surface area contributed by atoms with Crippen molar-refractivity contribution in [3.8, 4) is 5.75 Å². The minimum atomic E-state index is -1.03. The topological polar surface area (TPSA) is 99.7 Å². The molecule has 12 heteroatoms. The maximum Gasteiger partial charge on any atom is 0.332 e. The zero-order valence-electron chi connectivity index (χ0n) is 25.2. The third kappa shape index (κ3) is 6.75. The van der Waals surface area contributed by atoms with Crippen LogP contribution in [0.3, 0.4) is 0 Å². The van der Waals surface area contributed by atoms with Gasteiger partial charge in [0.05, 0.1) is 19.6 Å². The van der Waals surface area contributed by atoms with E-state index in [0.29, 0.717) is 16.8 Å². The van der Waals surface area contributed by atoms with E-state index in [2.05, 4.69) is 11.9 Å². The first kappa shape index (κ1) is 31.5. The highest BCUT2D eigenvalue weighted by Crippen LogP contribution is 2.32. The maximum absolute atomic E-state index is 14.4.